The monoisotopic (exact) mass is 280 g/mol. The van der Waals surface area contributed by atoms with Crippen molar-refractivity contribution < 1.29 is 8.42 Å². The summed E-state index contributed by atoms with van der Waals surface area (Å²) in [7, 11) is -3.78. The van der Waals surface area contributed by atoms with Crippen molar-refractivity contribution in [3.05, 3.63) is 18.2 Å². The van der Waals surface area contributed by atoms with Gasteiger partial charge in [0.05, 0.1) is 11.5 Å². The van der Waals surface area contributed by atoms with Gasteiger partial charge in [-0.2, -0.15) is 5.26 Å². The number of primary sulfonamides is 1. The van der Waals surface area contributed by atoms with Crippen LogP contribution in [-0.2, 0) is 10.0 Å². The van der Waals surface area contributed by atoms with Crippen LogP contribution in [0.5, 0.6) is 0 Å². The molecule has 0 amide bonds. The van der Waals surface area contributed by atoms with Gasteiger partial charge in [-0.1, -0.05) is 6.07 Å². The van der Waals surface area contributed by atoms with Crippen LogP contribution in [0.1, 0.15) is 19.8 Å². The Balaban J connectivity index is 2.19. The Morgan fingerprint density at radius 1 is 1.42 bits per heavy atom. The molecule has 0 unspecified atom stereocenters. The summed E-state index contributed by atoms with van der Waals surface area (Å²) in [5.41, 5.74) is -0.298. The topological polar surface area (TPSA) is 100 Å². The summed E-state index contributed by atoms with van der Waals surface area (Å²) in [5.74, 6) is 0.589. The van der Waals surface area contributed by atoms with Gasteiger partial charge in [0.2, 0.25) is 0 Å². The molecule has 1 aromatic heterocycles. The zero-order valence-electron chi connectivity index (χ0n) is 10.7. The van der Waals surface area contributed by atoms with Gasteiger partial charge in [-0.05, 0) is 31.9 Å². The molecule has 0 atom stereocenters. The Morgan fingerprint density at radius 2 is 2.05 bits per heavy atom. The molecular formula is C12H16N4O2S. The first-order chi connectivity index (χ1) is 8.84. The van der Waals surface area contributed by atoms with Crippen LogP contribution >= 0.6 is 0 Å². The van der Waals surface area contributed by atoms with Gasteiger partial charge >= 0.3 is 0 Å². The van der Waals surface area contributed by atoms with Gasteiger partial charge in [0, 0.05) is 13.1 Å². The molecule has 102 valence electrons. The van der Waals surface area contributed by atoms with Gasteiger partial charge < -0.3 is 4.90 Å². The molecule has 0 bridgehead atoms. The van der Waals surface area contributed by atoms with E-state index in [-0.39, 0.29) is 10.4 Å². The number of hydrogen-bond donors (Lipinski definition) is 1. The van der Waals surface area contributed by atoms with Crippen LogP contribution in [0.3, 0.4) is 0 Å². The Labute approximate surface area is 112 Å². The van der Waals surface area contributed by atoms with Crippen molar-refractivity contribution in [2.75, 3.05) is 18.0 Å². The number of rotatable bonds is 2. The number of nitriles is 1. The number of piperidine rings is 1. The quantitative estimate of drug-likeness (QED) is 0.866. The highest BCUT2D eigenvalue weighted by Gasteiger charge is 2.30. The molecule has 1 aromatic rings. The van der Waals surface area contributed by atoms with E-state index in [0.717, 1.165) is 12.8 Å². The van der Waals surface area contributed by atoms with E-state index in [1.54, 1.807) is 12.1 Å². The smallest absolute Gasteiger partial charge is 0.255 e. The minimum Gasteiger partial charge on any atom is -0.356 e. The molecule has 2 heterocycles. The van der Waals surface area contributed by atoms with Crippen molar-refractivity contribution in [3.8, 4) is 6.07 Å². The van der Waals surface area contributed by atoms with Crippen LogP contribution in [0, 0.1) is 16.7 Å². The summed E-state index contributed by atoms with van der Waals surface area (Å²) < 4.78 is 22.5. The third kappa shape index (κ3) is 3.03. The first kappa shape index (κ1) is 13.8. The van der Waals surface area contributed by atoms with Gasteiger partial charge in [0.25, 0.3) is 10.0 Å². The summed E-state index contributed by atoms with van der Waals surface area (Å²) in [6.45, 7) is 3.31. The van der Waals surface area contributed by atoms with Crippen LogP contribution in [0.2, 0.25) is 0 Å². The number of sulfonamides is 1. The highest BCUT2D eigenvalue weighted by atomic mass is 32.2. The fourth-order valence-electron chi connectivity index (χ4n) is 2.08. The van der Waals surface area contributed by atoms with Gasteiger partial charge in [-0.15, -0.1) is 0 Å². The molecule has 0 radical (unpaired) electrons. The van der Waals surface area contributed by atoms with E-state index in [0.29, 0.717) is 18.9 Å². The van der Waals surface area contributed by atoms with E-state index in [1.165, 1.54) is 6.07 Å². The number of nitrogens with zero attached hydrogens (tertiary/aromatic N) is 3. The molecule has 19 heavy (non-hydrogen) atoms. The third-order valence-electron chi connectivity index (χ3n) is 3.46. The van der Waals surface area contributed by atoms with E-state index in [9.17, 15) is 8.42 Å². The summed E-state index contributed by atoms with van der Waals surface area (Å²) >= 11 is 0. The second-order valence-electron chi connectivity index (χ2n) is 5.04. The van der Waals surface area contributed by atoms with Crippen molar-refractivity contribution in [1.82, 2.24) is 4.98 Å². The molecule has 0 saturated carbocycles. The van der Waals surface area contributed by atoms with Crippen LogP contribution < -0.4 is 10.0 Å². The van der Waals surface area contributed by atoms with Crippen molar-refractivity contribution in [3.63, 3.8) is 0 Å². The summed E-state index contributed by atoms with van der Waals surface area (Å²) in [6, 6.07) is 7.08. The van der Waals surface area contributed by atoms with Crippen molar-refractivity contribution >= 4 is 15.8 Å². The van der Waals surface area contributed by atoms with Gasteiger partial charge in [-0.3, -0.25) is 0 Å². The van der Waals surface area contributed by atoms with E-state index in [2.05, 4.69) is 11.1 Å². The SMILES string of the molecule is CC1(C#N)CCN(c2cccc(S(N)(=O)=O)n2)CC1. The second kappa shape index (κ2) is 4.79. The lowest BCUT2D eigenvalue weighted by Gasteiger charge is -2.35. The molecule has 1 aliphatic heterocycles. The maximum atomic E-state index is 11.3. The zero-order chi connectivity index (χ0) is 14.1. The number of hydrogen-bond acceptors (Lipinski definition) is 5. The molecule has 7 heteroatoms. The molecule has 1 aliphatic rings. The Morgan fingerprint density at radius 3 is 2.58 bits per heavy atom. The van der Waals surface area contributed by atoms with Gasteiger partial charge in [-0.25, -0.2) is 18.5 Å². The predicted molar refractivity (Wildman–Crippen MR) is 70.8 cm³/mol. The summed E-state index contributed by atoms with van der Waals surface area (Å²) in [5, 5.41) is 14.0. The Hall–Kier alpha value is -1.65. The zero-order valence-corrected chi connectivity index (χ0v) is 11.5. The number of aromatic nitrogens is 1. The summed E-state index contributed by atoms with van der Waals surface area (Å²) in [4.78, 5) is 6.05. The van der Waals surface area contributed by atoms with E-state index in [1.807, 2.05) is 11.8 Å². The van der Waals surface area contributed by atoms with Crippen molar-refractivity contribution in [2.24, 2.45) is 10.6 Å². The fraction of sp³-hybridized carbons (Fsp3) is 0.500. The predicted octanol–water partition coefficient (Wildman–Crippen LogP) is 0.859. The van der Waals surface area contributed by atoms with Gasteiger partial charge in [0.1, 0.15) is 5.82 Å². The molecule has 1 fully saturated rings. The number of nitrogens with two attached hydrogens (primary N) is 1. The van der Waals surface area contributed by atoms with Crippen LogP contribution in [0.15, 0.2) is 23.2 Å². The average Bonchev–Trinajstić information content (AvgIpc) is 2.39. The maximum absolute atomic E-state index is 11.3. The first-order valence-electron chi connectivity index (χ1n) is 6.00. The minimum absolute atomic E-state index is 0.126. The maximum Gasteiger partial charge on any atom is 0.255 e. The molecular weight excluding hydrogens is 264 g/mol. The highest BCUT2D eigenvalue weighted by molar-refractivity contribution is 7.89. The standard InChI is InChI=1S/C12H16N4O2S/c1-12(9-13)5-7-16(8-6-12)10-3-2-4-11(15-10)19(14,17)18/h2-4H,5-8H2,1H3,(H2,14,17,18). The molecule has 0 spiro atoms. The molecule has 6 nitrogen and oxygen atoms in total. The van der Waals surface area contributed by atoms with Crippen LogP contribution in [-0.4, -0.2) is 26.5 Å². The van der Waals surface area contributed by atoms with Gasteiger partial charge in [0.15, 0.2) is 5.03 Å². The number of anilines is 1. The van der Waals surface area contributed by atoms with Crippen LogP contribution in [0.25, 0.3) is 0 Å². The molecule has 0 aliphatic carbocycles. The average molecular weight is 280 g/mol. The molecule has 2 rings (SSSR count). The van der Waals surface area contributed by atoms with E-state index in [4.69, 9.17) is 10.4 Å². The minimum atomic E-state index is -3.78. The lowest BCUT2D eigenvalue weighted by molar-refractivity contribution is 0.336. The molecule has 1 saturated heterocycles. The molecule has 0 aromatic carbocycles. The third-order valence-corrected chi connectivity index (χ3v) is 4.27. The summed E-state index contributed by atoms with van der Waals surface area (Å²) in [6.07, 6.45) is 1.48. The van der Waals surface area contributed by atoms with Crippen LogP contribution in [0.4, 0.5) is 5.82 Å². The Bertz CT molecular complexity index is 613. The van der Waals surface area contributed by atoms with Crippen molar-refractivity contribution in [1.29, 1.82) is 5.26 Å². The second-order valence-corrected chi connectivity index (χ2v) is 6.55. The van der Waals surface area contributed by atoms with E-state index < -0.39 is 10.0 Å². The van der Waals surface area contributed by atoms with Crippen molar-refractivity contribution in [2.45, 2.75) is 24.8 Å². The normalized spacial score (nSPS) is 18.9. The fourth-order valence-corrected chi connectivity index (χ4v) is 2.57. The van der Waals surface area contributed by atoms with E-state index >= 15 is 0 Å². The lowest BCUT2D eigenvalue weighted by Crippen LogP contribution is -2.38. The Kier molecular flexibility index (Phi) is 3.47. The first-order valence-corrected chi connectivity index (χ1v) is 7.55. The lowest BCUT2D eigenvalue weighted by atomic mass is 9.82. The highest BCUT2D eigenvalue weighted by Crippen LogP contribution is 2.31. The number of pyridine rings is 1. The molecule has 2 N–H and O–H groups in total. The largest absolute Gasteiger partial charge is 0.356 e.